The fraction of sp³-hybridized carbons (Fsp3) is 0.500. The van der Waals surface area contributed by atoms with Crippen LogP contribution in [0.15, 0.2) is 29.5 Å². The topological polar surface area (TPSA) is 17.1 Å². The lowest BCUT2D eigenvalue weighted by Crippen LogP contribution is -1.98. The Morgan fingerprint density at radius 2 is 1.85 bits per heavy atom. The van der Waals surface area contributed by atoms with E-state index in [1.165, 1.54) is 0 Å². The molecule has 0 aromatic carbocycles. The number of carbonyl (C=O) groups is 1. The number of hydrogen-bond donors (Lipinski definition) is 0. The number of ketones is 1. The summed E-state index contributed by atoms with van der Waals surface area (Å²) in [4.78, 5) is 11.3. The summed E-state index contributed by atoms with van der Waals surface area (Å²) in [6.07, 6.45) is 5.22. The molecule has 13 heavy (non-hydrogen) atoms. The third kappa shape index (κ3) is 6.12. The quantitative estimate of drug-likeness (QED) is 0.468. The van der Waals surface area contributed by atoms with Crippen LogP contribution in [0.2, 0.25) is 0 Å². The van der Waals surface area contributed by atoms with E-state index >= 15 is 0 Å². The second kappa shape index (κ2) is 4.84. The van der Waals surface area contributed by atoms with Gasteiger partial charge in [0.25, 0.3) is 0 Å². The highest BCUT2D eigenvalue weighted by molar-refractivity contribution is 6.03. The monoisotopic (exact) mass is 178 g/mol. The third-order valence-corrected chi connectivity index (χ3v) is 1.41. The fourth-order valence-corrected chi connectivity index (χ4v) is 0.672. The molecule has 0 saturated heterocycles. The summed E-state index contributed by atoms with van der Waals surface area (Å²) in [7, 11) is 0. The zero-order valence-electron chi connectivity index (χ0n) is 9.14. The van der Waals surface area contributed by atoms with E-state index in [1.54, 1.807) is 19.1 Å². The number of hydrogen-bond acceptors (Lipinski definition) is 1. The minimum absolute atomic E-state index is 0.0306. The van der Waals surface area contributed by atoms with Crippen LogP contribution >= 0.6 is 0 Å². The maximum atomic E-state index is 11.3. The van der Waals surface area contributed by atoms with Crippen LogP contribution in [0.4, 0.5) is 0 Å². The predicted molar refractivity (Wildman–Crippen MR) is 56.5 cm³/mol. The van der Waals surface area contributed by atoms with E-state index in [4.69, 9.17) is 0 Å². The molecule has 0 aliphatic carbocycles. The highest BCUT2D eigenvalue weighted by atomic mass is 16.1. The van der Waals surface area contributed by atoms with Gasteiger partial charge in [0.15, 0.2) is 5.78 Å². The molecule has 0 atom stereocenters. The minimum atomic E-state index is 0.0306. The van der Waals surface area contributed by atoms with Crippen molar-refractivity contribution in [1.29, 1.82) is 0 Å². The summed E-state index contributed by atoms with van der Waals surface area (Å²) in [6, 6.07) is 0. The smallest absolute Gasteiger partial charge is 0.188 e. The molecule has 0 aliphatic rings. The molecule has 0 heterocycles. The van der Waals surface area contributed by atoms with Crippen molar-refractivity contribution in [3.05, 3.63) is 29.5 Å². The molecule has 0 bridgehead atoms. The Labute approximate surface area is 80.8 Å². The van der Waals surface area contributed by atoms with Crippen molar-refractivity contribution in [1.82, 2.24) is 0 Å². The zero-order valence-corrected chi connectivity index (χ0v) is 9.14. The zero-order chi connectivity index (χ0) is 10.5. The van der Waals surface area contributed by atoms with Crippen molar-refractivity contribution in [2.75, 3.05) is 0 Å². The van der Waals surface area contributed by atoms with Gasteiger partial charge in [0.2, 0.25) is 0 Å². The van der Waals surface area contributed by atoms with Gasteiger partial charge in [-0.05, 0) is 31.4 Å². The Bertz CT molecular complexity index is 268. The van der Waals surface area contributed by atoms with Crippen LogP contribution < -0.4 is 0 Å². The van der Waals surface area contributed by atoms with E-state index in [9.17, 15) is 4.79 Å². The van der Waals surface area contributed by atoms with E-state index in [-0.39, 0.29) is 11.2 Å². The van der Waals surface area contributed by atoms with Crippen LogP contribution in [0.25, 0.3) is 0 Å². The first-order valence-electron chi connectivity index (χ1n) is 4.48. The van der Waals surface area contributed by atoms with Gasteiger partial charge in [-0.15, -0.1) is 5.73 Å². The van der Waals surface area contributed by atoms with Crippen LogP contribution in [0.1, 0.15) is 34.6 Å². The first kappa shape index (κ1) is 11.9. The molecule has 1 heteroatoms. The second-order valence-electron chi connectivity index (χ2n) is 4.14. The van der Waals surface area contributed by atoms with Crippen molar-refractivity contribution in [3.8, 4) is 0 Å². The Morgan fingerprint density at radius 3 is 2.23 bits per heavy atom. The van der Waals surface area contributed by atoms with Crippen LogP contribution in [0, 0.1) is 5.41 Å². The third-order valence-electron chi connectivity index (χ3n) is 1.41. The van der Waals surface area contributed by atoms with E-state index in [0.717, 1.165) is 0 Å². The van der Waals surface area contributed by atoms with Crippen LogP contribution in [-0.2, 0) is 4.79 Å². The lowest BCUT2D eigenvalue weighted by atomic mass is 9.96. The normalized spacial score (nSPS) is 11.2. The average molecular weight is 178 g/mol. The Morgan fingerprint density at radius 1 is 1.31 bits per heavy atom. The molecule has 0 aromatic heterocycles. The van der Waals surface area contributed by atoms with E-state index in [1.807, 2.05) is 13.0 Å². The molecule has 0 aliphatic heterocycles. The van der Waals surface area contributed by atoms with Crippen molar-refractivity contribution < 1.29 is 4.79 Å². The van der Waals surface area contributed by atoms with Gasteiger partial charge < -0.3 is 0 Å². The molecule has 0 saturated carbocycles. The van der Waals surface area contributed by atoms with Crippen molar-refractivity contribution >= 4 is 5.78 Å². The SMILES string of the molecule is C/C=C/C(=O)C(C)=C=CC(C)(C)C. The summed E-state index contributed by atoms with van der Waals surface area (Å²) in [5.41, 5.74) is 3.74. The second-order valence-corrected chi connectivity index (χ2v) is 4.14. The maximum absolute atomic E-state index is 11.3. The molecule has 1 nitrogen and oxygen atoms in total. The van der Waals surface area contributed by atoms with Gasteiger partial charge in [-0.1, -0.05) is 26.8 Å². The van der Waals surface area contributed by atoms with Crippen LogP contribution in [0.5, 0.6) is 0 Å². The summed E-state index contributed by atoms with van der Waals surface area (Å²) >= 11 is 0. The van der Waals surface area contributed by atoms with Crippen molar-refractivity contribution in [2.24, 2.45) is 5.41 Å². The molecular weight excluding hydrogens is 160 g/mol. The molecular formula is C12H18O. The van der Waals surface area contributed by atoms with Gasteiger partial charge in [-0.25, -0.2) is 0 Å². The van der Waals surface area contributed by atoms with Gasteiger partial charge in [0.1, 0.15) is 0 Å². The lowest BCUT2D eigenvalue weighted by Gasteiger charge is -2.08. The minimum Gasteiger partial charge on any atom is -0.289 e. The van der Waals surface area contributed by atoms with Gasteiger partial charge in [-0.3, -0.25) is 4.79 Å². The van der Waals surface area contributed by atoms with E-state index in [2.05, 4.69) is 26.5 Å². The molecule has 0 radical (unpaired) electrons. The highest BCUT2D eigenvalue weighted by Gasteiger charge is 2.03. The summed E-state index contributed by atoms with van der Waals surface area (Å²) in [6.45, 7) is 9.84. The van der Waals surface area contributed by atoms with Crippen LogP contribution in [-0.4, -0.2) is 5.78 Å². The molecule has 0 amide bonds. The molecule has 0 spiro atoms. The molecule has 0 aromatic rings. The van der Waals surface area contributed by atoms with Gasteiger partial charge in [0.05, 0.1) is 0 Å². The van der Waals surface area contributed by atoms with Gasteiger partial charge in [-0.2, -0.15) is 0 Å². The first-order chi connectivity index (χ1) is 5.87. The lowest BCUT2D eigenvalue weighted by molar-refractivity contribution is -0.111. The van der Waals surface area contributed by atoms with Gasteiger partial charge in [0, 0.05) is 5.57 Å². The Kier molecular flexibility index (Phi) is 4.44. The summed E-state index contributed by atoms with van der Waals surface area (Å²) in [5, 5.41) is 0. The maximum Gasteiger partial charge on any atom is 0.188 e. The number of rotatable bonds is 2. The summed E-state index contributed by atoms with van der Waals surface area (Å²) in [5.74, 6) is 0.0306. The van der Waals surface area contributed by atoms with E-state index < -0.39 is 0 Å². The molecule has 0 fully saturated rings. The summed E-state index contributed by atoms with van der Waals surface area (Å²) < 4.78 is 0. The Balaban J connectivity index is 4.68. The van der Waals surface area contributed by atoms with Crippen molar-refractivity contribution in [3.63, 3.8) is 0 Å². The van der Waals surface area contributed by atoms with Crippen molar-refractivity contribution in [2.45, 2.75) is 34.6 Å². The molecule has 0 N–H and O–H groups in total. The standard InChI is InChI=1S/C12H18O/c1-6-7-11(13)10(2)8-9-12(3,4)5/h6-7,9H,1-5H3/b7-6+. The average Bonchev–Trinajstić information content (AvgIpc) is 1.99. The van der Waals surface area contributed by atoms with Crippen LogP contribution in [0.3, 0.4) is 0 Å². The molecule has 72 valence electrons. The largest absolute Gasteiger partial charge is 0.289 e. The highest BCUT2D eigenvalue weighted by Crippen LogP contribution is 2.13. The fourth-order valence-electron chi connectivity index (χ4n) is 0.672. The molecule has 0 unspecified atom stereocenters. The van der Waals surface area contributed by atoms with E-state index in [0.29, 0.717) is 5.57 Å². The number of carbonyl (C=O) groups excluding carboxylic acids is 1. The first-order valence-corrected chi connectivity index (χ1v) is 4.48. The van der Waals surface area contributed by atoms with Gasteiger partial charge >= 0.3 is 0 Å². The number of allylic oxidation sites excluding steroid dienone is 3. The Hall–Kier alpha value is -1.07. The molecule has 0 rings (SSSR count). The predicted octanol–water partition coefficient (Wildman–Crippen LogP) is 3.28.